The van der Waals surface area contributed by atoms with Gasteiger partial charge in [0.15, 0.2) is 12.0 Å². The van der Waals surface area contributed by atoms with Crippen LogP contribution in [0.4, 0.5) is 0 Å². The minimum Gasteiger partial charge on any atom is -0.484 e. The molecule has 1 saturated carbocycles. The lowest BCUT2D eigenvalue weighted by Crippen LogP contribution is -2.24. The zero-order valence-corrected chi connectivity index (χ0v) is 10.4. The first-order valence-corrected chi connectivity index (χ1v) is 5.79. The average Bonchev–Trinajstić information content (AvgIpc) is 3.02. The molecule has 1 aromatic rings. The summed E-state index contributed by atoms with van der Waals surface area (Å²) in [5.41, 5.74) is 0.127. The first-order chi connectivity index (χ1) is 7.99. The Hall–Kier alpha value is -1.58. The molecule has 0 spiro atoms. The van der Waals surface area contributed by atoms with E-state index in [0.29, 0.717) is 17.2 Å². The van der Waals surface area contributed by atoms with Gasteiger partial charge in [-0.3, -0.25) is 4.79 Å². The monoisotopic (exact) mass is 235 g/mol. The predicted molar refractivity (Wildman–Crippen MR) is 63.7 cm³/mol. The molecule has 0 N–H and O–H groups in total. The van der Waals surface area contributed by atoms with Crippen LogP contribution in [0.25, 0.3) is 0 Å². The Labute approximate surface area is 101 Å². The maximum Gasteiger partial charge on any atom is 0.258 e. The maximum absolute atomic E-state index is 11.0. The lowest BCUT2D eigenvalue weighted by molar-refractivity contribution is 0.108. The van der Waals surface area contributed by atoms with Crippen LogP contribution in [0.1, 0.15) is 44.0 Å². The smallest absolute Gasteiger partial charge is 0.258 e. The molecule has 0 saturated heterocycles. The minimum absolute atomic E-state index is 0.209. The molecule has 0 radical (unpaired) electrons. The van der Waals surface area contributed by atoms with Crippen molar-refractivity contribution in [2.45, 2.75) is 45.3 Å². The molecule has 1 aromatic heterocycles. The molecular weight excluding hydrogens is 218 g/mol. The van der Waals surface area contributed by atoms with Crippen LogP contribution in [-0.2, 0) is 0 Å². The lowest BCUT2D eigenvalue weighted by atomic mass is 10.2. The third-order valence-electron chi connectivity index (χ3n) is 2.24. The van der Waals surface area contributed by atoms with Gasteiger partial charge >= 0.3 is 0 Å². The van der Waals surface area contributed by atoms with Crippen molar-refractivity contribution < 1.29 is 14.3 Å². The summed E-state index contributed by atoms with van der Waals surface area (Å²) in [4.78, 5) is 15.1. The van der Waals surface area contributed by atoms with E-state index in [9.17, 15) is 4.79 Å². The van der Waals surface area contributed by atoms with Crippen LogP contribution >= 0.6 is 0 Å². The highest BCUT2D eigenvalue weighted by Gasteiger charge is 2.28. The zero-order chi connectivity index (χ0) is 12.5. The Balaban J connectivity index is 2.31. The molecule has 0 unspecified atom stereocenters. The number of hydrogen-bond donors (Lipinski definition) is 0. The molecule has 0 amide bonds. The highest BCUT2D eigenvalue weighted by molar-refractivity contribution is 5.80. The van der Waals surface area contributed by atoms with E-state index < -0.39 is 0 Å². The van der Waals surface area contributed by atoms with Crippen molar-refractivity contribution in [2.75, 3.05) is 0 Å². The SMILES string of the molecule is CC(C)(C)Oc1nccc(C=O)c1OC1CC1. The van der Waals surface area contributed by atoms with Gasteiger partial charge in [0.2, 0.25) is 0 Å². The average molecular weight is 235 g/mol. The van der Waals surface area contributed by atoms with Gasteiger partial charge in [0.25, 0.3) is 5.88 Å². The molecular formula is C13H17NO3. The van der Waals surface area contributed by atoms with Crippen molar-refractivity contribution in [1.29, 1.82) is 0 Å². The second-order valence-corrected chi connectivity index (χ2v) is 5.18. The van der Waals surface area contributed by atoms with Crippen molar-refractivity contribution in [3.05, 3.63) is 17.8 Å². The van der Waals surface area contributed by atoms with Crippen molar-refractivity contribution >= 4 is 6.29 Å². The van der Waals surface area contributed by atoms with E-state index in [1.165, 1.54) is 0 Å². The van der Waals surface area contributed by atoms with E-state index in [0.717, 1.165) is 19.1 Å². The number of aromatic nitrogens is 1. The second kappa shape index (κ2) is 4.35. The van der Waals surface area contributed by atoms with Gasteiger partial charge in [-0.05, 0) is 39.7 Å². The van der Waals surface area contributed by atoms with Gasteiger partial charge in [0, 0.05) is 6.20 Å². The van der Waals surface area contributed by atoms with E-state index in [2.05, 4.69) is 4.98 Å². The van der Waals surface area contributed by atoms with Crippen LogP contribution in [0.5, 0.6) is 11.6 Å². The minimum atomic E-state index is -0.365. The fraction of sp³-hybridized carbons (Fsp3) is 0.538. The molecule has 1 aliphatic rings. The van der Waals surface area contributed by atoms with Gasteiger partial charge in [-0.15, -0.1) is 0 Å². The summed E-state index contributed by atoms with van der Waals surface area (Å²) >= 11 is 0. The highest BCUT2D eigenvalue weighted by atomic mass is 16.5. The molecule has 0 bridgehead atoms. The van der Waals surface area contributed by atoms with E-state index in [1.54, 1.807) is 12.3 Å². The molecule has 4 nitrogen and oxygen atoms in total. The first kappa shape index (κ1) is 11.9. The predicted octanol–water partition coefficient (Wildman–Crippen LogP) is 2.61. The molecule has 1 heterocycles. The number of carbonyl (C=O) groups is 1. The second-order valence-electron chi connectivity index (χ2n) is 5.18. The van der Waals surface area contributed by atoms with Gasteiger partial charge in [-0.1, -0.05) is 0 Å². The molecule has 92 valence electrons. The van der Waals surface area contributed by atoms with Gasteiger partial charge in [0.1, 0.15) is 5.60 Å². The number of pyridine rings is 1. The third kappa shape index (κ3) is 3.19. The largest absolute Gasteiger partial charge is 0.484 e. The van der Waals surface area contributed by atoms with E-state index in [-0.39, 0.29) is 11.7 Å². The van der Waals surface area contributed by atoms with Crippen LogP contribution < -0.4 is 9.47 Å². The summed E-state index contributed by atoms with van der Waals surface area (Å²) in [5.74, 6) is 0.869. The van der Waals surface area contributed by atoms with E-state index in [4.69, 9.17) is 9.47 Å². The Morgan fingerprint density at radius 3 is 2.65 bits per heavy atom. The molecule has 1 aliphatic carbocycles. The van der Waals surface area contributed by atoms with Crippen molar-refractivity contribution in [3.8, 4) is 11.6 Å². The number of nitrogens with zero attached hydrogens (tertiary/aromatic N) is 1. The quantitative estimate of drug-likeness (QED) is 0.753. The molecule has 4 heteroatoms. The topological polar surface area (TPSA) is 48.4 Å². The summed E-state index contributed by atoms with van der Waals surface area (Å²) in [6.07, 6.45) is 4.60. The molecule has 2 rings (SSSR count). The summed E-state index contributed by atoms with van der Waals surface area (Å²) in [6.45, 7) is 5.80. The van der Waals surface area contributed by atoms with E-state index in [1.807, 2.05) is 20.8 Å². The summed E-state index contributed by atoms with van der Waals surface area (Å²) in [6, 6.07) is 1.64. The van der Waals surface area contributed by atoms with Crippen molar-refractivity contribution in [2.24, 2.45) is 0 Å². The summed E-state index contributed by atoms with van der Waals surface area (Å²) < 4.78 is 11.4. The Kier molecular flexibility index (Phi) is 3.05. The summed E-state index contributed by atoms with van der Waals surface area (Å²) in [7, 11) is 0. The number of aldehydes is 1. The van der Waals surface area contributed by atoms with Crippen LogP contribution in [0.2, 0.25) is 0 Å². The van der Waals surface area contributed by atoms with Gasteiger partial charge in [-0.25, -0.2) is 4.98 Å². The third-order valence-corrected chi connectivity index (χ3v) is 2.24. The van der Waals surface area contributed by atoms with Crippen LogP contribution in [0.3, 0.4) is 0 Å². The molecule has 0 atom stereocenters. The Morgan fingerprint density at radius 2 is 2.12 bits per heavy atom. The summed E-state index contributed by atoms with van der Waals surface area (Å²) in [5, 5.41) is 0. The number of hydrogen-bond acceptors (Lipinski definition) is 4. The van der Waals surface area contributed by atoms with Gasteiger partial charge < -0.3 is 9.47 Å². The number of rotatable bonds is 4. The molecule has 0 aliphatic heterocycles. The maximum atomic E-state index is 11.0. The van der Waals surface area contributed by atoms with Crippen LogP contribution in [0.15, 0.2) is 12.3 Å². The Bertz CT molecular complexity index is 419. The molecule has 1 fully saturated rings. The van der Waals surface area contributed by atoms with E-state index >= 15 is 0 Å². The first-order valence-electron chi connectivity index (χ1n) is 5.79. The fourth-order valence-corrected chi connectivity index (χ4v) is 1.37. The Morgan fingerprint density at radius 1 is 1.41 bits per heavy atom. The van der Waals surface area contributed by atoms with Crippen LogP contribution in [0, 0.1) is 0 Å². The fourth-order valence-electron chi connectivity index (χ4n) is 1.37. The van der Waals surface area contributed by atoms with Crippen molar-refractivity contribution in [1.82, 2.24) is 4.98 Å². The van der Waals surface area contributed by atoms with Crippen LogP contribution in [-0.4, -0.2) is 23.0 Å². The lowest BCUT2D eigenvalue weighted by Gasteiger charge is -2.22. The standard InChI is InChI=1S/C13H17NO3/c1-13(2,3)17-12-11(16-10-4-5-10)9(8-15)6-7-14-12/h6-8,10H,4-5H2,1-3H3. The van der Waals surface area contributed by atoms with Crippen molar-refractivity contribution in [3.63, 3.8) is 0 Å². The normalized spacial score (nSPS) is 15.5. The van der Waals surface area contributed by atoms with Gasteiger partial charge in [0.05, 0.1) is 11.7 Å². The number of ether oxygens (including phenoxy) is 2. The zero-order valence-electron chi connectivity index (χ0n) is 10.4. The molecule has 17 heavy (non-hydrogen) atoms. The highest BCUT2D eigenvalue weighted by Crippen LogP contribution is 2.35. The van der Waals surface area contributed by atoms with Gasteiger partial charge in [-0.2, -0.15) is 0 Å². The molecule has 0 aromatic carbocycles. The number of carbonyl (C=O) groups excluding carboxylic acids is 1.